The zero-order valence-electron chi connectivity index (χ0n) is 14.0. The maximum atomic E-state index is 12.2. The lowest BCUT2D eigenvalue weighted by molar-refractivity contribution is -0.122. The minimum atomic E-state index is 0.0150. The third kappa shape index (κ3) is 4.78. The first-order valence-corrected chi connectivity index (χ1v) is 8.22. The summed E-state index contributed by atoms with van der Waals surface area (Å²) in [6.45, 7) is 9.26. The van der Waals surface area contributed by atoms with Gasteiger partial charge in [0.25, 0.3) is 0 Å². The van der Waals surface area contributed by atoms with Crippen LogP contribution in [0.4, 0.5) is 0 Å². The quantitative estimate of drug-likeness (QED) is 0.867. The summed E-state index contributed by atoms with van der Waals surface area (Å²) in [6, 6.07) is 3.99. The Morgan fingerprint density at radius 3 is 2.73 bits per heavy atom. The average Bonchev–Trinajstić information content (AvgIpc) is 2.53. The van der Waals surface area contributed by atoms with Crippen molar-refractivity contribution in [1.29, 1.82) is 0 Å². The van der Waals surface area contributed by atoms with E-state index < -0.39 is 0 Å². The van der Waals surface area contributed by atoms with Crippen molar-refractivity contribution in [1.82, 2.24) is 20.1 Å². The van der Waals surface area contributed by atoms with Crippen molar-refractivity contribution in [2.75, 3.05) is 39.8 Å². The van der Waals surface area contributed by atoms with Gasteiger partial charge in [0.1, 0.15) is 0 Å². The summed E-state index contributed by atoms with van der Waals surface area (Å²) in [5.74, 6) is 0.121. The van der Waals surface area contributed by atoms with Crippen molar-refractivity contribution in [3.8, 4) is 0 Å². The summed E-state index contributed by atoms with van der Waals surface area (Å²) in [7, 11) is 2.14. The third-order valence-corrected chi connectivity index (χ3v) is 4.37. The van der Waals surface area contributed by atoms with E-state index in [1.54, 1.807) is 6.20 Å². The molecule has 0 radical (unpaired) electrons. The molecule has 0 aliphatic carbocycles. The van der Waals surface area contributed by atoms with E-state index in [2.05, 4.69) is 34.1 Å². The molecule has 1 aliphatic rings. The molecule has 0 saturated carbocycles. The molecule has 22 heavy (non-hydrogen) atoms. The smallest absolute Gasteiger partial charge is 0.221 e. The van der Waals surface area contributed by atoms with E-state index in [4.69, 9.17) is 0 Å². The monoisotopic (exact) mass is 304 g/mol. The highest BCUT2D eigenvalue weighted by Crippen LogP contribution is 2.17. The van der Waals surface area contributed by atoms with Crippen LogP contribution in [-0.2, 0) is 4.79 Å². The summed E-state index contributed by atoms with van der Waals surface area (Å²) in [6.07, 6.45) is 3.21. The van der Waals surface area contributed by atoms with Gasteiger partial charge in [0, 0.05) is 45.3 Å². The number of carbonyl (C=O) groups is 1. The van der Waals surface area contributed by atoms with Crippen molar-refractivity contribution < 1.29 is 4.79 Å². The second-order valence-corrected chi connectivity index (χ2v) is 6.13. The number of carbonyl (C=O) groups excluding carboxylic acids is 1. The van der Waals surface area contributed by atoms with E-state index >= 15 is 0 Å². The molecule has 1 aromatic rings. The van der Waals surface area contributed by atoms with E-state index in [1.165, 1.54) is 0 Å². The minimum absolute atomic E-state index is 0.0150. The number of likely N-dealkylation sites (N-methyl/N-ethyl adjacent to an activating group) is 1. The van der Waals surface area contributed by atoms with E-state index in [0.29, 0.717) is 6.42 Å². The van der Waals surface area contributed by atoms with Gasteiger partial charge in [-0.2, -0.15) is 0 Å². The molecule has 0 spiro atoms. The Hall–Kier alpha value is -1.46. The third-order valence-electron chi connectivity index (χ3n) is 4.37. The van der Waals surface area contributed by atoms with Crippen LogP contribution < -0.4 is 5.32 Å². The van der Waals surface area contributed by atoms with Crippen LogP contribution in [0.15, 0.2) is 18.3 Å². The van der Waals surface area contributed by atoms with Gasteiger partial charge in [-0.3, -0.25) is 9.78 Å². The maximum Gasteiger partial charge on any atom is 0.221 e. The van der Waals surface area contributed by atoms with Gasteiger partial charge in [-0.05, 0) is 32.0 Å². The van der Waals surface area contributed by atoms with Crippen LogP contribution >= 0.6 is 0 Å². The van der Waals surface area contributed by atoms with Crippen LogP contribution in [0, 0.1) is 6.92 Å². The molecule has 1 aromatic heterocycles. The second kappa shape index (κ2) is 8.25. The number of piperazine rings is 1. The van der Waals surface area contributed by atoms with Crippen LogP contribution in [0.2, 0.25) is 0 Å². The Bertz CT molecular complexity index is 483. The van der Waals surface area contributed by atoms with Crippen LogP contribution in [-0.4, -0.2) is 60.5 Å². The number of amides is 1. The van der Waals surface area contributed by atoms with Crippen molar-refractivity contribution in [2.45, 2.75) is 32.7 Å². The summed E-state index contributed by atoms with van der Waals surface area (Å²) < 4.78 is 0. The zero-order valence-corrected chi connectivity index (χ0v) is 14.0. The zero-order chi connectivity index (χ0) is 15.9. The van der Waals surface area contributed by atoms with Crippen molar-refractivity contribution in [3.05, 3.63) is 29.6 Å². The first-order valence-electron chi connectivity index (χ1n) is 8.22. The number of nitrogens with one attached hydrogen (secondary N) is 1. The van der Waals surface area contributed by atoms with E-state index in [-0.39, 0.29) is 11.9 Å². The lowest BCUT2D eigenvalue weighted by Crippen LogP contribution is -2.45. The Kier molecular flexibility index (Phi) is 6.34. The SMILES string of the molecule is CC[C@@H](NC(=O)CCN1CCN(C)CC1)c1ncccc1C. The predicted octanol–water partition coefficient (Wildman–Crippen LogP) is 1.59. The Morgan fingerprint density at radius 2 is 2.09 bits per heavy atom. The topological polar surface area (TPSA) is 48.5 Å². The Balaban J connectivity index is 1.81. The minimum Gasteiger partial charge on any atom is -0.348 e. The van der Waals surface area contributed by atoms with Gasteiger partial charge in [0.2, 0.25) is 5.91 Å². The molecular weight excluding hydrogens is 276 g/mol. The molecule has 2 rings (SSSR count). The van der Waals surface area contributed by atoms with Gasteiger partial charge in [-0.1, -0.05) is 13.0 Å². The number of aromatic nitrogens is 1. The lowest BCUT2D eigenvalue weighted by atomic mass is 10.1. The number of hydrogen-bond donors (Lipinski definition) is 1. The molecule has 2 heterocycles. The molecule has 5 heteroatoms. The van der Waals surface area contributed by atoms with Gasteiger partial charge in [-0.15, -0.1) is 0 Å². The normalized spacial score (nSPS) is 18.1. The number of aryl methyl sites for hydroxylation is 1. The summed E-state index contributed by atoms with van der Waals surface area (Å²) >= 11 is 0. The van der Waals surface area contributed by atoms with Crippen LogP contribution in [0.5, 0.6) is 0 Å². The van der Waals surface area contributed by atoms with Gasteiger partial charge in [0.15, 0.2) is 0 Å². The van der Waals surface area contributed by atoms with Crippen LogP contribution in [0.3, 0.4) is 0 Å². The molecule has 1 amide bonds. The number of nitrogens with zero attached hydrogens (tertiary/aromatic N) is 3. The van der Waals surface area contributed by atoms with Crippen LogP contribution in [0.25, 0.3) is 0 Å². The number of hydrogen-bond acceptors (Lipinski definition) is 4. The first-order chi connectivity index (χ1) is 10.6. The number of rotatable bonds is 6. The Morgan fingerprint density at radius 1 is 1.36 bits per heavy atom. The van der Waals surface area contributed by atoms with Gasteiger partial charge < -0.3 is 15.1 Å². The van der Waals surface area contributed by atoms with Gasteiger partial charge >= 0.3 is 0 Å². The largest absolute Gasteiger partial charge is 0.348 e. The van der Waals surface area contributed by atoms with Gasteiger partial charge in [0.05, 0.1) is 11.7 Å². The molecule has 1 atom stereocenters. The van der Waals surface area contributed by atoms with Crippen molar-refractivity contribution in [2.24, 2.45) is 0 Å². The van der Waals surface area contributed by atoms with Crippen molar-refractivity contribution in [3.63, 3.8) is 0 Å². The molecule has 0 unspecified atom stereocenters. The van der Waals surface area contributed by atoms with Gasteiger partial charge in [-0.25, -0.2) is 0 Å². The molecule has 1 fully saturated rings. The summed E-state index contributed by atoms with van der Waals surface area (Å²) in [4.78, 5) is 21.4. The second-order valence-electron chi connectivity index (χ2n) is 6.13. The molecule has 1 saturated heterocycles. The fraction of sp³-hybridized carbons (Fsp3) is 0.647. The fourth-order valence-electron chi connectivity index (χ4n) is 2.82. The molecule has 122 valence electrons. The molecule has 1 aliphatic heterocycles. The highest BCUT2D eigenvalue weighted by Gasteiger charge is 2.18. The van der Waals surface area contributed by atoms with E-state index in [1.807, 2.05) is 19.1 Å². The molecule has 1 N–H and O–H groups in total. The molecule has 0 bridgehead atoms. The average molecular weight is 304 g/mol. The molecule has 5 nitrogen and oxygen atoms in total. The highest BCUT2D eigenvalue weighted by atomic mass is 16.1. The highest BCUT2D eigenvalue weighted by molar-refractivity contribution is 5.76. The van der Waals surface area contributed by atoms with Crippen LogP contribution in [0.1, 0.15) is 37.1 Å². The van der Waals surface area contributed by atoms with Crippen molar-refractivity contribution >= 4 is 5.91 Å². The van der Waals surface area contributed by atoms with E-state index in [9.17, 15) is 4.79 Å². The lowest BCUT2D eigenvalue weighted by Gasteiger charge is -2.32. The molecule has 0 aromatic carbocycles. The summed E-state index contributed by atoms with van der Waals surface area (Å²) in [5.41, 5.74) is 2.12. The predicted molar refractivity (Wildman–Crippen MR) is 88.7 cm³/mol. The maximum absolute atomic E-state index is 12.2. The van der Waals surface area contributed by atoms with E-state index in [0.717, 1.165) is 50.4 Å². The standard InChI is InChI=1S/C17H28N4O/c1-4-15(17-14(2)6-5-8-18-17)19-16(22)7-9-21-12-10-20(3)11-13-21/h5-6,8,15H,4,7,9-13H2,1-3H3,(H,19,22)/t15-/m1/s1. The first kappa shape index (κ1) is 16.9. The Labute approximate surface area is 133 Å². The number of pyridine rings is 1. The molecular formula is C17H28N4O. The fourth-order valence-corrected chi connectivity index (χ4v) is 2.82. The summed E-state index contributed by atoms with van der Waals surface area (Å²) in [5, 5.41) is 3.13.